The van der Waals surface area contributed by atoms with Crippen LogP contribution in [0, 0.1) is 0 Å². The Morgan fingerprint density at radius 3 is 2.56 bits per heavy atom. The normalized spacial score (nSPS) is 16.7. The summed E-state index contributed by atoms with van der Waals surface area (Å²) in [5.41, 5.74) is -0.167. The molecule has 0 aliphatic heterocycles. The van der Waals surface area contributed by atoms with Crippen LogP contribution in [0.3, 0.4) is 0 Å². The maximum absolute atomic E-state index is 10.4. The van der Waals surface area contributed by atoms with Crippen molar-refractivity contribution < 1.29 is 9.46 Å². The van der Waals surface area contributed by atoms with Crippen molar-refractivity contribution in [3.05, 3.63) is 12.7 Å². The molecule has 0 rings (SSSR count). The van der Waals surface area contributed by atoms with E-state index in [1.54, 1.807) is 6.08 Å². The highest BCUT2D eigenvalue weighted by Gasteiger charge is 2.06. The minimum absolute atomic E-state index is 0.167. The zero-order valence-corrected chi connectivity index (χ0v) is 6.63. The second-order valence-corrected chi connectivity index (χ2v) is 3.39. The van der Waals surface area contributed by atoms with Gasteiger partial charge in [0.1, 0.15) is 0 Å². The van der Waals surface area contributed by atoms with Gasteiger partial charge in [-0.2, -0.15) is 0 Å². The Kier molecular flexibility index (Phi) is 4.74. The van der Waals surface area contributed by atoms with Gasteiger partial charge in [0.25, 0.3) is 0 Å². The van der Waals surface area contributed by atoms with Crippen LogP contribution in [-0.4, -0.2) is 10.6 Å². The molecule has 3 heteroatoms. The van der Waals surface area contributed by atoms with Crippen LogP contribution in [0.15, 0.2) is 12.7 Å². The molecular weight excluding hydrogens is 135 g/mol. The first-order chi connectivity index (χ1) is 4.22. The largest absolute Gasteiger partial charge is 0.346 e. The molecule has 2 nitrogen and oxygen atoms in total. The van der Waals surface area contributed by atoms with Crippen molar-refractivity contribution in [2.45, 2.75) is 25.4 Å². The second-order valence-electron chi connectivity index (χ2n) is 1.97. The summed E-state index contributed by atoms with van der Waals surface area (Å²) >= 11 is 0. The van der Waals surface area contributed by atoms with Gasteiger partial charge in [-0.15, -0.1) is 6.58 Å². The van der Waals surface area contributed by atoms with Crippen molar-refractivity contribution in [3.8, 4) is 0 Å². The fourth-order valence-corrected chi connectivity index (χ4v) is 1.39. The molecule has 54 valence electrons. The van der Waals surface area contributed by atoms with Crippen LogP contribution in [0.25, 0.3) is 0 Å². The molecule has 0 saturated carbocycles. The zero-order chi connectivity index (χ0) is 7.28. The molecule has 0 aliphatic rings. The maximum Gasteiger partial charge on any atom is 0.195 e. The van der Waals surface area contributed by atoms with E-state index in [-0.39, 0.29) is 5.66 Å². The van der Waals surface area contributed by atoms with Gasteiger partial charge >= 0.3 is 0 Å². The SMILES string of the molecule is C=CC(CCC)[PH](=O)O. The van der Waals surface area contributed by atoms with Crippen molar-refractivity contribution in [3.63, 3.8) is 0 Å². The van der Waals surface area contributed by atoms with E-state index in [9.17, 15) is 4.57 Å². The summed E-state index contributed by atoms with van der Waals surface area (Å²) in [4.78, 5) is 8.62. The van der Waals surface area contributed by atoms with E-state index >= 15 is 0 Å². The first-order valence-corrected chi connectivity index (χ1v) is 4.51. The van der Waals surface area contributed by atoms with Crippen molar-refractivity contribution in [2.24, 2.45) is 0 Å². The summed E-state index contributed by atoms with van der Waals surface area (Å²) in [6, 6.07) is 0. The van der Waals surface area contributed by atoms with Gasteiger partial charge in [-0.1, -0.05) is 19.4 Å². The fraction of sp³-hybridized carbons (Fsp3) is 0.667. The summed E-state index contributed by atoms with van der Waals surface area (Å²) < 4.78 is 10.4. The highest BCUT2D eigenvalue weighted by Crippen LogP contribution is 2.26. The van der Waals surface area contributed by atoms with Gasteiger partial charge in [0, 0.05) is 0 Å². The van der Waals surface area contributed by atoms with Crippen LogP contribution in [0.5, 0.6) is 0 Å². The molecule has 0 saturated heterocycles. The van der Waals surface area contributed by atoms with Gasteiger partial charge < -0.3 is 4.89 Å². The lowest BCUT2D eigenvalue weighted by Gasteiger charge is -2.03. The Bertz CT molecular complexity index is 112. The number of rotatable bonds is 4. The van der Waals surface area contributed by atoms with Gasteiger partial charge in [0.2, 0.25) is 0 Å². The molecule has 0 aromatic carbocycles. The zero-order valence-electron chi connectivity index (χ0n) is 5.63. The van der Waals surface area contributed by atoms with E-state index in [4.69, 9.17) is 4.89 Å². The maximum atomic E-state index is 10.4. The Balaban J connectivity index is 3.68. The van der Waals surface area contributed by atoms with Gasteiger partial charge in [0.05, 0.1) is 5.66 Å². The molecule has 0 aromatic heterocycles. The van der Waals surface area contributed by atoms with Crippen LogP contribution < -0.4 is 0 Å². The molecule has 0 radical (unpaired) electrons. The van der Waals surface area contributed by atoms with Gasteiger partial charge in [-0.25, -0.2) is 0 Å². The Labute approximate surface area is 56.5 Å². The van der Waals surface area contributed by atoms with E-state index in [0.29, 0.717) is 0 Å². The molecule has 9 heavy (non-hydrogen) atoms. The van der Waals surface area contributed by atoms with E-state index < -0.39 is 8.03 Å². The molecule has 0 fully saturated rings. The summed E-state index contributed by atoms with van der Waals surface area (Å²) in [5.74, 6) is 0. The molecule has 2 unspecified atom stereocenters. The number of hydrogen-bond acceptors (Lipinski definition) is 1. The predicted molar refractivity (Wildman–Crippen MR) is 40.1 cm³/mol. The molecule has 0 bridgehead atoms. The topological polar surface area (TPSA) is 37.3 Å². The first kappa shape index (κ1) is 8.93. The average molecular weight is 148 g/mol. The van der Waals surface area contributed by atoms with Gasteiger partial charge in [-0.3, -0.25) is 4.57 Å². The third-order valence-electron chi connectivity index (χ3n) is 1.20. The van der Waals surface area contributed by atoms with Crippen LogP contribution in [0.1, 0.15) is 19.8 Å². The van der Waals surface area contributed by atoms with Crippen LogP contribution >= 0.6 is 8.03 Å². The average Bonchev–Trinajstić information content (AvgIpc) is 1.82. The quantitative estimate of drug-likeness (QED) is 0.487. The van der Waals surface area contributed by atoms with Crippen molar-refractivity contribution in [1.82, 2.24) is 0 Å². The predicted octanol–water partition coefficient (Wildman–Crippen LogP) is 1.81. The number of allylic oxidation sites excluding steroid dienone is 1. The van der Waals surface area contributed by atoms with Crippen LogP contribution in [-0.2, 0) is 4.57 Å². The van der Waals surface area contributed by atoms with Crippen molar-refractivity contribution in [1.29, 1.82) is 0 Å². The molecule has 0 aromatic rings. The Morgan fingerprint density at radius 1 is 1.89 bits per heavy atom. The first-order valence-electron chi connectivity index (χ1n) is 3.07. The second kappa shape index (κ2) is 4.78. The van der Waals surface area contributed by atoms with E-state index in [1.165, 1.54) is 0 Å². The monoisotopic (exact) mass is 148 g/mol. The Morgan fingerprint density at radius 2 is 2.44 bits per heavy atom. The molecule has 0 heterocycles. The molecule has 1 N–H and O–H groups in total. The molecule has 0 aliphatic carbocycles. The Hall–Kier alpha value is -0.0700. The summed E-state index contributed by atoms with van der Waals surface area (Å²) in [7, 11) is -2.35. The van der Waals surface area contributed by atoms with Crippen molar-refractivity contribution in [2.75, 3.05) is 0 Å². The lowest BCUT2D eigenvalue weighted by molar-refractivity contribution is 0.492. The summed E-state index contributed by atoms with van der Waals surface area (Å²) in [5, 5.41) is 0. The highest BCUT2D eigenvalue weighted by molar-refractivity contribution is 7.39. The smallest absolute Gasteiger partial charge is 0.195 e. The summed E-state index contributed by atoms with van der Waals surface area (Å²) in [6.07, 6.45) is 3.27. The standard InChI is InChI=1S/C6H13O2P/c1-3-5-6(4-2)9(7)8/h4,6,9H,2-3,5H2,1H3,(H,7,8). The number of hydrogen-bond donors (Lipinski definition) is 1. The third kappa shape index (κ3) is 3.50. The van der Waals surface area contributed by atoms with Gasteiger partial charge in [-0.05, 0) is 6.42 Å². The lowest BCUT2D eigenvalue weighted by atomic mass is 10.2. The summed E-state index contributed by atoms with van der Waals surface area (Å²) in [6.45, 7) is 5.45. The molecule has 0 spiro atoms. The van der Waals surface area contributed by atoms with E-state index in [0.717, 1.165) is 12.8 Å². The fourth-order valence-electron chi connectivity index (χ4n) is 0.653. The van der Waals surface area contributed by atoms with Crippen LogP contribution in [0.4, 0.5) is 0 Å². The third-order valence-corrected chi connectivity index (χ3v) is 2.36. The van der Waals surface area contributed by atoms with Crippen LogP contribution in [0.2, 0.25) is 0 Å². The lowest BCUT2D eigenvalue weighted by Crippen LogP contribution is -1.94. The van der Waals surface area contributed by atoms with Gasteiger partial charge in [0.15, 0.2) is 8.03 Å². The molecule has 2 atom stereocenters. The highest BCUT2D eigenvalue weighted by atomic mass is 31.1. The minimum Gasteiger partial charge on any atom is -0.346 e. The van der Waals surface area contributed by atoms with E-state index in [1.807, 2.05) is 6.92 Å². The van der Waals surface area contributed by atoms with Crippen molar-refractivity contribution >= 4 is 8.03 Å². The van der Waals surface area contributed by atoms with E-state index in [2.05, 4.69) is 6.58 Å². The minimum atomic E-state index is -2.35. The molecular formula is C6H13O2P. The molecule has 0 amide bonds.